The zero-order chi connectivity index (χ0) is 14.0. The number of amides is 1. The van der Waals surface area contributed by atoms with Crippen molar-refractivity contribution in [2.24, 2.45) is 10.7 Å². The quantitative estimate of drug-likeness (QED) is 0.824. The lowest BCUT2D eigenvalue weighted by Gasteiger charge is -2.08. The van der Waals surface area contributed by atoms with Gasteiger partial charge in [0.05, 0.1) is 16.0 Å². The molecule has 0 aromatic heterocycles. The van der Waals surface area contributed by atoms with Gasteiger partial charge in [-0.2, -0.15) is 4.99 Å². The SMILES string of the molecule is CCOc1cc(/C=C2/SC(N)=NC2=O)cc(Br)c1O. The summed E-state index contributed by atoms with van der Waals surface area (Å²) in [5, 5.41) is 10.0. The van der Waals surface area contributed by atoms with Crippen LogP contribution in [-0.4, -0.2) is 22.8 Å². The van der Waals surface area contributed by atoms with Gasteiger partial charge in [-0.1, -0.05) is 0 Å². The van der Waals surface area contributed by atoms with Crippen LogP contribution in [0.1, 0.15) is 12.5 Å². The van der Waals surface area contributed by atoms with Crippen molar-refractivity contribution < 1.29 is 14.6 Å². The van der Waals surface area contributed by atoms with Crippen molar-refractivity contribution in [2.75, 3.05) is 6.61 Å². The first kappa shape index (κ1) is 14.0. The first-order chi connectivity index (χ1) is 9.01. The second kappa shape index (κ2) is 5.66. The van der Waals surface area contributed by atoms with Crippen LogP contribution in [0.4, 0.5) is 0 Å². The summed E-state index contributed by atoms with van der Waals surface area (Å²) in [6.45, 7) is 2.26. The Morgan fingerprint density at radius 1 is 1.58 bits per heavy atom. The van der Waals surface area contributed by atoms with Crippen LogP contribution in [0.3, 0.4) is 0 Å². The summed E-state index contributed by atoms with van der Waals surface area (Å²) in [6, 6.07) is 3.34. The van der Waals surface area contributed by atoms with Crippen molar-refractivity contribution in [1.29, 1.82) is 0 Å². The minimum atomic E-state index is -0.357. The van der Waals surface area contributed by atoms with E-state index in [1.807, 2.05) is 6.92 Å². The topological polar surface area (TPSA) is 84.9 Å². The zero-order valence-corrected chi connectivity index (χ0v) is 12.4. The number of nitrogens with two attached hydrogens (primary N) is 1. The van der Waals surface area contributed by atoms with Gasteiger partial charge in [-0.25, -0.2) is 0 Å². The molecular formula is C12H11BrN2O3S. The Morgan fingerprint density at radius 3 is 2.89 bits per heavy atom. The number of phenolic OH excluding ortho intramolecular Hbond substituents is 1. The maximum atomic E-state index is 11.5. The Labute approximate surface area is 122 Å². The highest BCUT2D eigenvalue weighted by Gasteiger charge is 2.20. The second-order valence-electron chi connectivity index (χ2n) is 3.65. The highest BCUT2D eigenvalue weighted by Crippen LogP contribution is 2.37. The number of thioether (sulfide) groups is 1. The molecule has 3 N–H and O–H groups in total. The van der Waals surface area contributed by atoms with Crippen LogP contribution >= 0.6 is 27.7 Å². The molecule has 1 amide bonds. The number of aromatic hydroxyl groups is 1. The van der Waals surface area contributed by atoms with Gasteiger partial charge >= 0.3 is 0 Å². The number of phenols is 1. The molecule has 2 rings (SSSR count). The van der Waals surface area contributed by atoms with Gasteiger partial charge in [0.25, 0.3) is 5.91 Å². The fraction of sp³-hybridized carbons (Fsp3) is 0.167. The van der Waals surface area contributed by atoms with Crippen molar-refractivity contribution in [3.05, 3.63) is 27.1 Å². The van der Waals surface area contributed by atoms with Crippen LogP contribution in [0.25, 0.3) is 6.08 Å². The molecule has 0 atom stereocenters. The molecule has 0 saturated carbocycles. The van der Waals surface area contributed by atoms with Gasteiger partial charge < -0.3 is 15.6 Å². The third-order valence-corrected chi connectivity index (χ3v) is 3.70. The summed E-state index contributed by atoms with van der Waals surface area (Å²) in [5.74, 6) is 0.0304. The van der Waals surface area contributed by atoms with Crippen LogP contribution in [0.15, 0.2) is 26.5 Å². The fourth-order valence-corrected chi connectivity index (χ4v) is 2.66. The summed E-state index contributed by atoms with van der Waals surface area (Å²) in [5.41, 5.74) is 6.19. The van der Waals surface area contributed by atoms with E-state index in [0.29, 0.717) is 27.3 Å². The summed E-state index contributed by atoms with van der Waals surface area (Å²) in [7, 11) is 0. The minimum absolute atomic E-state index is 0.0326. The molecule has 1 aromatic carbocycles. The molecule has 0 bridgehead atoms. The molecule has 7 heteroatoms. The summed E-state index contributed by atoms with van der Waals surface area (Å²) < 4.78 is 5.81. The molecule has 100 valence electrons. The van der Waals surface area contributed by atoms with Crippen LogP contribution in [0.2, 0.25) is 0 Å². The van der Waals surface area contributed by atoms with E-state index in [-0.39, 0.29) is 16.8 Å². The van der Waals surface area contributed by atoms with Gasteiger partial charge in [0.15, 0.2) is 16.7 Å². The number of carbonyl (C=O) groups is 1. The molecule has 1 aliphatic rings. The van der Waals surface area contributed by atoms with Gasteiger partial charge in [0.1, 0.15) is 0 Å². The summed E-state index contributed by atoms with van der Waals surface area (Å²) >= 11 is 4.36. The molecule has 0 fully saturated rings. The number of benzene rings is 1. The van der Waals surface area contributed by atoms with Crippen molar-refractivity contribution >= 4 is 44.8 Å². The number of hydrogen-bond acceptors (Lipinski definition) is 5. The molecule has 1 aliphatic heterocycles. The molecule has 0 spiro atoms. The molecule has 19 heavy (non-hydrogen) atoms. The summed E-state index contributed by atoms with van der Waals surface area (Å²) in [4.78, 5) is 15.6. The number of amidine groups is 1. The fourth-order valence-electron chi connectivity index (χ4n) is 1.52. The average molecular weight is 343 g/mol. The predicted molar refractivity (Wildman–Crippen MR) is 79.2 cm³/mol. The first-order valence-electron chi connectivity index (χ1n) is 5.44. The van der Waals surface area contributed by atoms with Gasteiger partial charge in [0, 0.05) is 0 Å². The lowest BCUT2D eigenvalue weighted by atomic mass is 10.2. The molecule has 0 unspecified atom stereocenters. The van der Waals surface area contributed by atoms with Crippen molar-refractivity contribution in [2.45, 2.75) is 6.92 Å². The number of carbonyl (C=O) groups excluding carboxylic acids is 1. The van der Waals surface area contributed by atoms with E-state index in [1.165, 1.54) is 0 Å². The average Bonchev–Trinajstić information content (AvgIpc) is 2.64. The predicted octanol–water partition coefficient (Wildman–Crippen LogP) is 2.48. The van der Waals surface area contributed by atoms with E-state index >= 15 is 0 Å². The second-order valence-corrected chi connectivity index (χ2v) is 5.56. The first-order valence-corrected chi connectivity index (χ1v) is 7.05. The Hall–Kier alpha value is -1.47. The molecule has 0 aliphatic carbocycles. The maximum absolute atomic E-state index is 11.5. The summed E-state index contributed by atoms with van der Waals surface area (Å²) in [6.07, 6.45) is 1.66. The van der Waals surface area contributed by atoms with Crippen LogP contribution < -0.4 is 10.5 Å². The molecule has 1 aromatic rings. The number of ether oxygens (including phenoxy) is 1. The highest BCUT2D eigenvalue weighted by molar-refractivity contribution is 9.10. The number of halogens is 1. The number of rotatable bonds is 3. The van der Waals surface area contributed by atoms with Crippen LogP contribution in [0, 0.1) is 0 Å². The Kier molecular flexibility index (Phi) is 4.16. The standard InChI is InChI=1S/C12H11BrN2O3S/c1-2-18-8-4-6(3-7(13)10(8)16)5-9-11(17)15-12(14)19-9/h3-5,16H,2H2,1H3,(H2,14,15,17)/b9-5+. The van der Waals surface area contributed by atoms with Crippen LogP contribution in [-0.2, 0) is 4.79 Å². The zero-order valence-electron chi connectivity index (χ0n) is 10.0. The van der Waals surface area contributed by atoms with Crippen molar-refractivity contribution in [3.63, 3.8) is 0 Å². The van der Waals surface area contributed by atoms with Crippen molar-refractivity contribution in [3.8, 4) is 11.5 Å². The normalized spacial score (nSPS) is 16.8. The van der Waals surface area contributed by atoms with E-state index in [2.05, 4.69) is 20.9 Å². The van der Waals surface area contributed by atoms with Gasteiger partial charge in [-0.15, -0.1) is 0 Å². The molecule has 5 nitrogen and oxygen atoms in total. The third-order valence-electron chi connectivity index (χ3n) is 2.29. The lowest BCUT2D eigenvalue weighted by Crippen LogP contribution is -2.01. The van der Waals surface area contributed by atoms with E-state index < -0.39 is 0 Å². The largest absolute Gasteiger partial charge is 0.503 e. The van der Waals surface area contributed by atoms with E-state index in [1.54, 1.807) is 18.2 Å². The maximum Gasteiger partial charge on any atom is 0.286 e. The van der Waals surface area contributed by atoms with Crippen LogP contribution in [0.5, 0.6) is 11.5 Å². The number of aliphatic imine (C=N–C) groups is 1. The molecule has 1 heterocycles. The molecule has 0 saturated heterocycles. The van der Waals surface area contributed by atoms with Gasteiger partial charge in [-0.3, -0.25) is 4.79 Å². The lowest BCUT2D eigenvalue weighted by molar-refractivity contribution is -0.113. The highest BCUT2D eigenvalue weighted by atomic mass is 79.9. The van der Waals surface area contributed by atoms with E-state index in [4.69, 9.17) is 10.5 Å². The third kappa shape index (κ3) is 3.10. The van der Waals surface area contributed by atoms with E-state index in [0.717, 1.165) is 11.8 Å². The number of hydrogen-bond donors (Lipinski definition) is 2. The van der Waals surface area contributed by atoms with Gasteiger partial charge in [0.2, 0.25) is 0 Å². The Bertz CT molecular complexity index is 599. The Morgan fingerprint density at radius 2 is 2.32 bits per heavy atom. The van der Waals surface area contributed by atoms with Crippen molar-refractivity contribution in [1.82, 2.24) is 0 Å². The minimum Gasteiger partial charge on any atom is -0.503 e. The molecule has 0 radical (unpaired) electrons. The van der Waals surface area contributed by atoms with E-state index in [9.17, 15) is 9.90 Å². The Balaban J connectivity index is 2.36. The number of nitrogens with zero attached hydrogens (tertiary/aromatic N) is 1. The smallest absolute Gasteiger partial charge is 0.286 e. The molecular weight excluding hydrogens is 332 g/mol. The monoisotopic (exact) mass is 342 g/mol. The van der Waals surface area contributed by atoms with Gasteiger partial charge in [-0.05, 0) is 58.4 Å².